The number of rotatable bonds is 7. The number of benzene rings is 1. The van der Waals surface area contributed by atoms with Gasteiger partial charge >= 0.3 is 0 Å². The van der Waals surface area contributed by atoms with E-state index in [1.807, 2.05) is 6.92 Å². The van der Waals surface area contributed by atoms with Crippen LogP contribution in [-0.4, -0.2) is 15.0 Å². The van der Waals surface area contributed by atoms with Crippen molar-refractivity contribution in [2.45, 2.75) is 63.2 Å². The molecule has 0 N–H and O–H groups in total. The van der Waals surface area contributed by atoms with Crippen LogP contribution in [0.25, 0.3) is 0 Å². The van der Waals surface area contributed by atoms with Crippen molar-refractivity contribution < 1.29 is 12.6 Å². The molecule has 0 saturated heterocycles. The predicted molar refractivity (Wildman–Crippen MR) is 84.7 cm³/mol. The average molecular weight is 310 g/mol. The summed E-state index contributed by atoms with van der Waals surface area (Å²) in [4.78, 5) is 0.250. The Morgan fingerprint density at radius 3 is 2.38 bits per heavy atom. The summed E-state index contributed by atoms with van der Waals surface area (Å²) in [6.45, 7) is 2.23. The van der Waals surface area contributed by atoms with Crippen LogP contribution in [0, 0.1) is 12.8 Å². The van der Waals surface area contributed by atoms with E-state index in [0.717, 1.165) is 24.3 Å². The van der Waals surface area contributed by atoms with Crippen LogP contribution < -0.4 is 0 Å². The average Bonchev–Trinajstić information content (AvgIpc) is 2.48. The van der Waals surface area contributed by atoms with E-state index < -0.39 is 10.1 Å². The summed E-state index contributed by atoms with van der Waals surface area (Å²) in [5.74, 6) is 0.854. The predicted octanol–water partition coefficient (Wildman–Crippen LogP) is 4.45. The molecule has 3 nitrogen and oxygen atoms in total. The highest BCUT2D eigenvalue weighted by Gasteiger charge is 2.15. The third-order valence-corrected chi connectivity index (χ3v) is 5.61. The molecule has 0 amide bonds. The van der Waals surface area contributed by atoms with Crippen LogP contribution in [0.1, 0.15) is 56.9 Å². The van der Waals surface area contributed by atoms with Crippen LogP contribution in [0.5, 0.6) is 0 Å². The maximum Gasteiger partial charge on any atom is 0.296 e. The molecule has 0 unspecified atom stereocenters. The smallest absolute Gasteiger partial charge is 0.266 e. The molecule has 0 aromatic heterocycles. The van der Waals surface area contributed by atoms with Crippen LogP contribution in [0.15, 0.2) is 29.2 Å². The van der Waals surface area contributed by atoms with E-state index in [2.05, 4.69) is 0 Å². The Morgan fingerprint density at radius 1 is 1.05 bits per heavy atom. The zero-order valence-corrected chi connectivity index (χ0v) is 13.7. The first-order valence-corrected chi connectivity index (χ1v) is 9.45. The van der Waals surface area contributed by atoms with Crippen molar-refractivity contribution in [1.29, 1.82) is 0 Å². The van der Waals surface area contributed by atoms with Crippen molar-refractivity contribution in [3.63, 3.8) is 0 Å². The van der Waals surface area contributed by atoms with E-state index in [4.69, 9.17) is 4.18 Å². The zero-order chi connectivity index (χ0) is 15.1. The van der Waals surface area contributed by atoms with Gasteiger partial charge in [-0.2, -0.15) is 8.42 Å². The Morgan fingerprint density at radius 2 is 1.71 bits per heavy atom. The van der Waals surface area contributed by atoms with Gasteiger partial charge in [-0.05, 0) is 31.4 Å². The molecule has 0 heterocycles. The molecule has 21 heavy (non-hydrogen) atoms. The van der Waals surface area contributed by atoms with Gasteiger partial charge in [-0.15, -0.1) is 0 Å². The van der Waals surface area contributed by atoms with Crippen molar-refractivity contribution in [3.05, 3.63) is 29.8 Å². The topological polar surface area (TPSA) is 43.4 Å². The largest absolute Gasteiger partial charge is 0.296 e. The molecule has 118 valence electrons. The van der Waals surface area contributed by atoms with Crippen molar-refractivity contribution in [1.82, 2.24) is 0 Å². The van der Waals surface area contributed by atoms with Gasteiger partial charge in [-0.3, -0.25) is 4.18 Å². The molecule has 0 spiro atoms. The van der Waals surface area contributed by atoms with Gasteiger partial charge in [0.25, 0.3) is 10.1 Å². The molecular formula is C17H26O3S. The molecule has 1 fully saturated rings. The lowest BCUT2D eigenvalue weighted by molar-refractivity contribution is 0.286. The van der Waals surface area contributed by atoms with E-state index in [1.54, 1.807) is 24.3 Å². The minimum absolute atomic E-state index is 0.250. The zero-order valence-electron chi connectivity index (χ0n) is 12.9. The van der Waals surface area contributed by atoms with Crippen LogP contribution in [0.2, 0.25) is 0 Å². The molecule has 0 bridgehead atoms. The molecule has 1 aromatic carbocycles. The Kier molecular flexibility index (Phi) is 6.24. The van der Waals surface area contributed by atoms with Crippen molar-refractivity contribution >= 4 is 10.1 Å². The van der Waals surface area contributed by atoms with E-state index >= 15 is 0 Å². The second-order valence-corrected chi connectivity index (χ2v) is 7.70. The highest BCUT2D eigenvalue weighted by molar-refractivity contribution is 7.86. The lowest BCUT2D eigenvalue weighted by atomic mass is 9.86. The third kappa shape index (κ3) is 5.44. The molecule has 1 saturated carbocycles. The number of hydrogen-bond donors (Lipinski definition) is 0. The van der Waals surface area contributed by atoms with Gasteiger partial charge in [-0.25, -0.2) is 0 Å². The molecule has 1 aromatic rings. The van der Waals surface area contributed by atoms with E-state index in [-0.39, 0.29) is 4.90 Å². The molecule has 0 atom stereocenters. The minimum atomic E-state index is -3.58. The summed E-state index contributed by atoms with van der Waals surface area (Å²) in [6, 6.07) is 6.79. The van der Waals surface area contributed by atoms with Crippen molar-refractivity contribution in [3.8, 4) is 0 Å². The van der Waals surface area contributed by atoms with Gasteiger partial charge in [-0.1, -0.05) is 62.6 Å². The van der Waals surface area contributed by atoms with Gasteiger partial charge in [0.15, 0.2) is 0 Å². The third-order valence-electron chi connectivity index (χ3n) is 4.28. The summed E-state index contributed by atoms with van der Waals surface area (Å²) in [6.07, 6.45) is 9.91. The Labute approximate surface area is 128 Å². The summed E-state index contributed by atoms with van der Waals surface area (Å²) in [7, 11) is -3.58. The minimum Gasteiger partial charge on any atom is -0.266 e. The Balaban J connectivity index is 1.68. The number of aryl methyl sites for hydroxylation is 1. The molecule has 0 radical (unpaired) electrons. The molecule has 2 rings (SSSR count). The first-order valence-electron chi connectivity index (χ1n) is 8.04. The summed E-state index contributed by atoms with van der Waals surface area (Å²) >= 11 is 0. The monoisotopic (exact) mass is 310 g/mol. The van der Waals surface area contributed by atoms with Gasteiger partial charge < -0.3 is 0 Å². The van der Waals surface area contributed by atoms with E-state index in [1.165, 1.54) is 38.5 Å². The van der Waals surface area contributed by atoms with Crippen LogP contribution in [-0.2, 0) is 14.3 Å². The number of unbranched alkanes of at least 4 members (excludes halogenated alkanes) is 1. The Hall–Kier alpha value is -0.870. The second-order valence-electron chi connectivity index (χ2n) is 6.09. The SMILES string of the molecule is Cc1ccc(S(=O)(=O)OCCCCC2CCCCC2)cc1. The first kappa shape index (κ1) is 16.5. The van der Waals surface area contributed by atoms with Crippen LogP contribution >= 0.6 is 0 Å². The normalized spacial score (nSPS) is 17.0. The number of hydrogen-bond acceptors (Lipinski definition) is 3. The van der Waals surface area contributed by atoms with Crippen molar-refractivity contribution in [2.75, 3.05) is 6.61 Å². The fourth-order valence-corrected chi connectivity index (χ4v) is 3.90. The first-order chi connectivity index (χ1) is 10.1. The molecule has 0 aliphatic heterocycles. The fourth-order valence-electron chi connectivity index (χ4n) is 2.95. The fraction of sp³-hybridized carbons (Fsp3) is 0.647. The Bertz CT molecular complexity index is 513. The summed E-state index contributed by atoms with van der Waals surface area (Å²) < 4.78 is 29.1. The van der Waals surface area contributed by atoms with Gasteiger partial charge in [0, 0.05) is 0 Å². The van der Waals surface area contributed by atoms with E-state index in [0.29, 0.717) is 6.61 Å². The lowest BCUT2D eigenvalue weighted by Crippen LogP contribution is -2.09. The highest BCUT2D eigenvalue weighted by Crippen LogP contribution is 2.27. The van der Waals surface area contributed by atoms with Crippen LogP contribution in [0.4, 0.5) is 0 Å². The van der Waals surface area contributed by atoms with E-state index in [9.17, 15) is 8.42 Å². The van der Waals surface area contributed by atoms with Crippen LogP contribution in [0.3, 0.4) is 0 Å². The molecule has 1 aliphatic carbocycles. The summed E-state index contributed by atoms with van der Waals surface area (Å²) in [5, 5.41) is 0. The molecular weight excluding hydrogens is 284 g/mol. The van der Waals surface area contributed by atoms with Gasteiger partial charge in [0.05, 0.1) is 11.5 Å². The van der Waals surface area contributed by atoms with Crippen molar-refractivity contribution in [2.24, 2.45) is 5.92 Å². The quantitative estimate of drug-likeness (QED) is 0.552. The molecule has 4 heteroatoms. The van der Waals surface area contributed by atoms with Gasteiger partial charge in [0.1, 0.15) is 0 Å². The molecule has 1 aliphatic rings. The maximum atomic E-state index is 12.0. The standard InChI is InChI=1S/C17H26O3S/c1-15-10-12-17(13-11-15)21(18,19)20-14-6-5-9-16-7-3-2-4-8-16/h10-13,16H,2-9,14H2,1H3. The summed E-state index contributed by atoms with van der Waals surface area (Å²) in [5.41, 5.74) is 1.04. The second kappa shape index (κ2) is 7.95. The highest BCUT2D eigenvalue weighted by atomic mass is 32.2. The van der Waals surface area contributed by atoms with Gasteiger partial charge in [0.2, 0.25) is 0 Å². The maximum absolute atomic E-state index is 12.0. The lowest BCUT2D eigenvalue weighted by Gasteiger charge is -2.21.